The molecular weight excluding hydrogens is 274 g/mol. The molecule has 2 aromatic carbocycles. The summed E-state index contributed by atoms with van der Waals surface area (Å²) in [6.07, 6.45) is 0.690. The third kappa shape index (κ3) is 3.71. The van der Waals surface area contributed by atoms with Crippen molar-refractivity contribution >= 4 is 29.1 Å². The molecule has 0 aromatic heterocycles. The number of esters is 1. The molecule has 0 bridgehead atoms. The summed E-state index contributed by atoms with van der Waals surface area (Å²) in [5, 5.41) is 2.21. The van der Waals surface area contributed by atoms with E-state index in [2.05, 4.69) is 0 Å². The van der Waals surface area contributed by atoms with Gasteiger partial charge in [0.05, 0.1) is 6.10 Å². The number of benzene rings is 2. The van der Waals surface area contributed by atoms with Crippen LogP contribution in [0.2, 0.25) is 0 Å². The normalized spacial score (nSPS) is 13.3. The van der Waals surface area contributed by atoms with Crippen LogP contribution in [0.15, 0.2) is 42.5 Å². The molecule has 3 nitrogen and oxygen atoms in total. The minimum absolute atomic E-state index is 0. The lowest BCUT2D eigenvalue weighted by molar-refractivity contribution is -0.150. The Morgan fingerprint density at radius 3 is 2.50 bits per heavy atom. The molecule has 0 spiro atoms. The lowest BCUT2D eigenvalue weighted by Gasteiger charge is -2.16. The van der Waals surface area contributed by atoms with Crippen LogP contribution in [0, 0.1) is 0 Å². The third-order valence-corrected chi connectivity index (χ3v) is 3.28. The maximum Gasteiger partial charge on any atom is 0.327 e. The van der Waals surface area contributed by atoms with Crippen molar-refractivity contribution in [2.75, 3.05) is 0 Å². The lowest BCUT2D eigenvalue weighted by atomic mass is 10.0. The van der Waals surface area contributed by atoms with Crippen molar-refractivity contribution in [1.82, 2.24) is 0 Å². The summed E-state index contributed by atoms with van der Waals surface area (Å²) in [6.45, 7) is 3.84. The van der Waals surface area contributed by atoms with Crippen molar-refractivity contribution < 1.29 is 9.53 Å². The van der Waals surface area contributed by atoms with Crippen molar-refractivity contribution in [2.45, 2.75) is 32.4 Å². The summed E-state index contributed by atoms with van der Waals surface area (Å²) in [5.41, 5.74) is 6.74. The average molecular weight is 294 g/mol. The van der Waals surface area contributed by atoms with Gasteiger partial charge in [0.2, 0.25) is 0 Å². The van der Waals surface area contributed by atoms with Crippen LogP contribution < -0.4 is 5.73 Å². The minimum Gasteiger partial charge on any atom is -0.461 e. The van der Waals surface area contributed by atoms with Gasteiger partial charge in [-0.2, -0.15) is 0 Å². The van der Waals surface area contributed by atoms with Crippen LogP contribution in [0.3, 0.4) is 0 Å². The number of hydrogen-bond donors (Lipinski definition) is 1. The number of hydrogen-bond acceptors (Lipinski definition) is 3. The second-order valence-electron chi connectivity index (χ2n) is 4.74. The molecule has 0 radical (unpaired) electrons. The summed E-state index contributed by atoms with van der Waals surface area (Å²) >= 11 is 0. The molecule has 0 aliphatic carbocycles. The van der Waals surface area contributed by atoms with E-state index in [9.17, 15) is 4.79 Å². The summed E-state index contributed by atoms with van der Waals surface area (Å²) in [5.74, 6) is -0.371. The zero-order valence-electron chi connectivity index (χ0n) is 11.7. The molecule has 0 heterocycles. The largest absolute Gasteiger partial charge is 0.461 e. The van der Waals surface area contributed by atoms with Crippen LogP contribution in [-0.2, 0) is 9.53 Å². The molecule has 4 heteroatoms. The standard InChI is InChI=1S/C16H19NO2.ClH/c1-3-11(2)19-16(18)15(17)14-9-8-12-6-4-5-7-13(12)10-14;/h4-11,15H,3,17H2,1-2H3;1H. The van der Waals surface area contributed by atoms with Gasteiger partial charge in [-0.25, -0.2) is 4.79 Å². The molecule has 2 aromatic rings. The Kier molecular flexibility index (Phi) is 5.99. The van der Waals surface area contributed by atoms with Gasteiger partial charge in [0, 0.05) is 0 Å². The van der Waals surface area contributed by atoms with E-state index < -0.39 is 6.04 Å². The average Bonchev–Trinajstić information content (AvgIpc) is 2.45. The van der Waals surface area contributed by atoms with E-state index in [4.69, 9.17) is 10.5 Å². The number of fused-ring (bicyclic) bond motifs is 1. The van der Waals surface area contributed by atoms with Gasteiger partial charge in [0.25, 0.3) is 0 Å². The van der Waals surface area contributed by atoms with Gasteiger partial charge in [-0.05, 0) is 35.7 Å². The zero-order chi connectivity index (χ0) is 13.8. The van der Waals surface area contributed by atoms with E-state index in [1.54, 1.807) is 0 Å². The molecule has 0 amide bonds. The number of nitrogens with two attached hydrogens (primary N) is 1. The summed E-state index contributed by atoms with van der Waals surface area (Å²) < 4.78 is 5.26. The Morgan fingerprint density at radius 2 is 1.85 bits per heavy atom. The van der Waals surface area contributed by atoms with Crippen LogP contribution in [0.4, 0.5) is 0 Å². The third-order valence-electron chi connectivity index (χ3n) is 3.28. The molecule has 2 unspecified atom stereocenters. The van der Waals surface area contributed by atoms with Crippen molar-refractivity contribution in [3.05, 3.63) is 48.0 Å². The summed E-state index contributed by atoms with van der Waals surface area (Å²) in [6, 6.07) is 13.1. The molecule has 2 atom stereocenters. The molecule has 0 fully saturated rings. The quantitative estimate of drug-likeness (QED) is 0.876. The Balaban J connectivity index is 0.00000200. The molecule has 0 saturated heterocycles. The molecular formula is C16H20ClNO2. The molecule has 2 rings (SSSR count). The molecule has 0 aliphatic rings. The fraction of sp³-hybridized carbons (Fsp3) is 0.312. The fourth-order valence-electron chi connectivity index (χ4n) is 1.89. The van der Waals surface area contributed by atoms with Gasteiger partial charge in [0.15, 0.2) is 0 Å². The van der Waals surface area contributed by atoms with Crippen LogP contribution in [0.1, 0.15) is 31.9 Å². The number of rotatable bonds is 4. The van der Waals surface area contributed by atoms with E-state index in [0.29, 0.717) is 0 Å². The van der Waals surface area contributed by atoms with E-state index in [0.717, 1.165) is 22.8 Å². The molecule has 108 valence electrons. The lowest BCUT2D eigenvalue weighted by Crippen LogP contribution is -2.26. The monoisotopic (exact) mass is 293 g/mol. The second kappa shape index (κ2) is 7.27. The highest BCUT2D eigenvalue weighted by Crippen LogP contribution is 2.20. The highest BCUT2D eigenvalue weighted by Gasteiger charge is 2.19. The van der Waals surface area contributed by atoms with Crippen LogP contribution >= 0.6 is 12.4 Å². The Labute approximate surface area is 125 Å². The van der Waals surface area contributed by atoms with Crippen LogP contribution in [-0.4, -0.2) is 12.1 Å². The van der Waals surface area contributed by atoms with Gasteiger partial charge >= 0.3 is 5.97 Å². The maximum atomic E-state index is 11.9. The first-order chi connectivity index (χ1) is 9.11. The van der Waals surface area contributed by atoms with E-state index >= 15 is 0 Å². The molecule has 2 N–H and O–H groups in total. The summed E-state index contributed by atoms with van der Waals surface area (Å²) in [4.78, 5) is 11.9. The minimum atomic E-state index is -0.724. The first kappa shape index (κ1) is 16.5. The van der Waals surface area contributed by atoms with Crippen molar-refractivity contribution in [3.8, 4) is 0 Å². The van der Waals surface area contributed by atoms with Crippen LogP contribution in [0.25, 0.3) is 10.8 Å². The Morgan fingerprint density at radius 1 is 1.20 bits per heavy atom. The topological polar surface area (TPSA) is 52.3 Å². The summed E-state index contributed by atoms with van der Waals surface area (Å²) in [7, 11) is 0. The Hall–Kier alpha value is -1.58. The van der Waals surface area contributed by atoms with Crippen LogP contribution in [0.5, 0.6) is 0 Å². The maximum absolute atomic E-state index is 11.9. The van der Waals surface area contributed by atoms with Crippen molar-refractivity contribution in [2.24, 2.45) is 5.73 Å². The number of carbonyl (C=O) groups is 1. The second-order valence-corrected chi connectivity index (χ2v) is 4.74. The molecule has 0 saturated carbocycles. The van der Waals surface area contributed by atoms with Gasteiger partial charge in [-0.1, -0.05) is 43.3 Å². The van der Waals surface area contributed by atoms with E-state index in [-0.39, 0.29) is 24.5 Å². The van der Waals surface area contributed by atoms with Gasteiger partial charge in [-0.15, -0.1) is 12.4 Å². The first-order valence-corrected chi connectivity index (χ1v) is 6.56. The highest BCUT2D eigenvalue weighted by molar-refractivity contribution is 5.86. The van der Waals surface area contributed by atoms with Crippen molar-refractivity contribution in [1.29, 1.82) is 0 Å². The highest BCUT2D eigenvalue weighted by atomic mass is 35.5. The predicted molar refractivity (Wildman–Crippen MR) is 84.0 cm³/mol. The molecule has 20 heavy (non-hydrogen) atoms. The number of carbonyl (C=O) groups excluding carboxylic acids is 1. The van der Waals surface area contributed by atoms with E-state index in [1.165, 1.54) is 0 Å². The van der Waals surface area contributed by atoms with E-state index in [1.807, 2.05) is 56.3 Å². The first-order valence-electron chi connectivity index (χ1n) is 6.56. The smallest absolute Gasteiger partial charge is 0.327 e. The SMILES string of the molecule is CCC(C)OC(=O)C(N)c1ccc2ccccc2c1.Cl. The van der Waals surface area contributed by atoms with Gasteiger partial charge in [0.1, 0.15) is 6.04 Å². The zero-order valence-corrected chi connectivity index (χ0v) is 12.5. The Bertz CT molecular complexity index is 585. The number of halogens is 1. The van der Waals surface area contributed by atoms with Gasteiger partial charge in [-0.3, -0.25) is 0 Å². The van der Waals surface area contributed by atoms with Gasteiger partial charge < -0.3 is 10.5 Å². The predicted octanol–water partition coefficient (Wildman–Crippen LogP) is 3.60. The number of ether oxygens (including phenoxy) is 1. The van der Waals surface area contributed by atoms with Crippen molar-refractivity contribution in [3.63, 3.8) is 0 Å². The molecule has 0 aliphatic heterocycles. The fourth-order valence-corrected chi connectivity index (χ4v) is 1.89.